The molecule has 41 heavy (non-hydrogen) atoms. The number of hydrogen-bond acceptors (Lipinski definition) is 5. The normalized spacial score (nSPS) is 25.3. The zero-order valence-corrected chi connectivity index (χ0v) is 25.7. The minimum Gasteiger partial charge on any atom is -0.343 e. The number of carbonyl (C=O) groups excluding carboxylic acids is 5. The van der Waals surface area contributed by atoms with Crippen LogP contribution >= 0.6 is 0 Å². The summed E-state index contributed by atoms with van der Waals surface area (Å²) in [7, 11) is 0. The highest BCUT2D eigenvalue weighted by molar-refractivity contribution is 5.98. The molecule has 5 N–H and O–H groups in total. The number of hydrogen-bond donors (Lipinski definition) is 5. The molecule has 228 valence electrons. The largest absolute Gasteiger partial charge is 0.343 e. The van der Waals surface area contributed by atoms with E-state index in [-0.39, 0.29) is 30.1 Å². The topological polar surface area (TPSA) is 146 Å². The summed E-state index contributed by atoms with van der Waals surface area (Å²) >= 11 is 0. The van der Waals surface area contributed by atoms with Crippen molar-refractivity contribution in [3.63, 3.8) is 0 Å². The summed E-state index contributed by atoms with van der Waals surface area (Å²) in [6.45, 7) is 15.0. The maximum Gasteiger partial charge on any atom is 0.243 e. The molecule has 0 bridgehead atoms. The van der Waals surface area contributed by atoms with E-state index >= 15 is 0 Å². The Morgan fingerprint density at radius 3 is 1.27 bits per heavy atom. The smallest absolute Gasteiger partial charge is 0.243 e. The van der Waals surface area contributed by atoms with Crippen molar-refractivity contribution in [1.29, 1.82) is 0 Å². The van der Waals surface area contributed by atoms with E-state index in [2.05, 4.69) is 26.6 Å². The highest BCUT2D eigenvalue weighted by Crippen LogP contribution is 2.13. The maximum absolute atomic E-state index is 13.6. The van der Waals surface area contributed by atoms with Crippen LogP contribution in [-0.2, 0) is 30.4 Å². The summed E-state index contributed by atoms with van der Waals surface area (Å²) in [4.78, 5) is 67.7. The lowest BCUT2D eigenvalue weighted by Crippen LogP contribution is -2.59. The monoisotopic (exact) mass is 571 g/mol. The lowest BCUT2D eigenvalue weighted by Gasteiger charge is -2.29. The van der Waals surface area contributed by atoms with Gasteiger partial charge in [0, 0.05) is 6.42 Å². The van der Waals surface area contributed by atoms with Crippen molar-refractivity contribution in [3.05, 3.63) is 35.9 Å². The zero-order valence-electron chi connectivity index (χ0n) is 25.7. The second-order valence-electron chi connectivity index (χ2n) is 12.6. The molecule has 10 nitrogen and oxygen atoms in total. The van der Waals surface area contributed by atoms with Crippen molar-refractivity contribution in [2.45, 2.75) is 105 Å². The van der Waals surface area contributed by atoms with E-state index in [0.717, 1.165) is 5.56 Å². The molecule has 2 rings (SSSR count). The number of nitrogens with one attached hydrogen (secondary N) is 5. The molecule has 0 radical (unpaired) electrons. The van der Waals surface area contributed by atoms with Crippen LogP contribution in [0.1, 0.15) is 73.8 Å². The molecule has 1 aliphatic heterocycles. The number of amides is 5. The third-order valence-electron chi connectivity index (χ3n) is 7.09. The first-order valence-corrected chi connectivity index (χ1v) is 14.7. The first kappa shape index (κ1) is 33.8. The van der Waals surface area contributed by atoms with Crippen LogP contribution in [0.25, 0.3) is 0 Å². The molecule has 1 fully saturated rings. The second-order valence-corrected chi connectivity index (χ2v) is 12.6. The summed E-state index contributed by atoms with van der Waals surface area (Å²) in [5.74, 6) is -2.98. The third-order valence-corrected chi connectivity index (χ3v) is 7.09. The van der Waals surface area contributed by atoms with E-state index in [1.54, 1.807) is 27.7 Å². The van der Waals surface area contributed by atoms with Crippen LogP contribution in [0, 0.1) is 23.7 Å². The van der Waals surface area contributed by atoms with Crippen molar-refractivity contribution in [3.8, 4) is 0 Å². The Bertz CT molecular complexity index is 1060. The average molecular weight is 572 g/mol. The summed E-state index contributed by atoms with van der Waals surface area (Å²) in [5.41, 5.74) is 0.826. The molecule has 1 heterocycles. The Hall–Kier alpha value is -3.43. The molecule has 1 aliphatic rings. The Labute approximate surface area is 244 Å². The Balaban J connectivity index is 2.58. The van der Waals surface area contributed by atoms with Gasteiger partial charge in [0.15, 0.2) is 0 Å². The lowest BCUT2D eigenvalue weighted by molar-refractivity contribution is -0.135. The van der Waals surface area contributed by atoms with E-state index in [9.17, 15) is 24.0 Å². The number of rotatable bonds is 8. The first-order chi connectivity index (χ1) is 19.2. The van der Waals surface area contributed by atoms with Gasteiger partial charge in [0.2, 0.25) is 29.5 Å². The molecule has 0 saturated carbocycles. The van der Waals surface area contributed by atoms with E-state index < -0.39 is 59.7 Å². The summed E-state index contributed by atoms with van der Waals surface area (Å²) in [6, 6.07) is 4.56. The van der Waals surface area contributed by atoms with Crippen LogP contribution in [0.15, 0.2) is 30.3 Å². The van der Waals surface area contributed by atoms with E-state index in [0.29, 0.717) is 12.8 Å². The standard InChI is InChI=1S/C31H49N5O5/c1-17(2)14-22-27(37)32-24(16-21-12-10-9-11-13-21)29(39)36-26(20(7)8)31(41)34-23(15-18(3)4)28(38)35-25(19(5)6)30(40)33-22/h9-13,17-20,22-26H,14-16H2,1-8H3,(H,32,37)(H,33,40)(H,34,41)(H,35,38)(H,36,39)/t22-,23-,24-,25-,26-/m0/s1. The minimum atomic E-state index is -0.997. The molecule has 10 heteroatoms. The van der Waals surface area contributed by atoms with Crippen molar-refractivity contribution in [1.82, 2.24) is 26.6 Å². The average Bonchev–Trinajstić information content (AvgIpc) is 2.87. The highest BCUT2D eigenvalue weighted by Gasteiger charge is 2.36. The van der Waals surface area contributed by atoms with Gasteiger partial charge in [-0.25, -0.2) is 0 Å². The fourth-order valence-corrected chi connectivity index (χ4v) is 4.84. The molecule has 1 saturated heterocycles. The summed E-state index contributed by atoms with van der Waals surface area (Å²) < 4.78 is 0. The Morgan fingerprint density at radius 1 is 0.512 bits per heavy atom. The molecule has 5 amide bonds. The molecule has 1 aromatic rings. The Kier molecular flexibility index (Phi) is 12.8. The number of carbonyl (C=O) groups is 5. The summed E-state index contributed by atoms with van der Waals surface area (Å²) in [6.07, 6.45) is 0.869. The molecular formula is C31H49N5O5. The van der Waals surface area contributed by atoms with Gasteiger partial charge >= 0.3 is 0 Å². The molecule has 5 atom stereocenters. The first-order valence-electron chi connectivity index (χ1n) is 14.7. The molecule has 1 aromatic carbocycles. The van der Waals surface area contributed by atoms with Gasteiger partial charge in [-0.3, -0.25) is 24.0 Å². The van der Waals surface area contributed by atoms with Crippen molar-refractivity contribution in [2.75, 3.05) is 0 Å². The van der Waals surface area contributed by atoms with Gasteiger partial charge in [0.1, 0.15) is 30.2 Å². The van der Waals surface area contributed by atoms with Crippen molar-refractivity contribution < 1.29 is 24.0 Å². The van der Waals surface area contributed by atoms with Crippen LogP contribution in [-0.4, -0.2) is 59.7 Å². The van der Waals surface area contributed by atoms with Crippen LogP contribution in [0.3, 0.4) is 0 Å². The van der Waals surface area contributed by atoms with Crippen LogP contribution in [0.5, 0.6) is 0 Å². The maximum atomic E-state index is 13.6. The second kappa shape index (κ2) is 15.5. The minimum absolute atomic E-state index is 0.0594. The molecule has 0 spiro atoms. The fraction of sp³-hybridized carbons (Fsp3) is 0.645. The van der Waals surface area contributed by atoms with Gasteiger partial charge in [-0.2, -0.15) is 0 Å². The van der Waals surface area contributed by atoms with Crippen molar-refractivity contribution >= 4 is 29.5 Å². The zero-order chi connectivity index (χ0) is 30.9. The quantitative estimate of drug-likeness (QED) is 0.324. The van der Waals surface area contributed by atoms with Gasteiger partial charge in [-0.15, -0.1) is 0 Å². The summed E-state index contributed by atoms with van der Waals surface area (Å²) in [5, 5.41) is 14.1. The predicted molar refractivity (Wildman–Crippen MR) is 158 cm³/mol. The van der Waals surface area contributed by atoms with E-state index in [1.807, 2.05) is 58.0 Å². The molecule has 0 aliphatic carbocycles. The van der Waals surface area contributed by atoms with Crippen LogP contribution in [0.2, 0.25) is 0 Å². The van der Waals surface area contributed by atoms with Gasteiger partial charge in [0.05, 0.1) is 0 Å². The van der Waals surface area contributed by atoms with Gasteiger partial charge in [0.25, 0.3) is 0 Å². The van der Waals surface area contributed by atoms with Crippen molar-refractivity contribution in [2.24, 2.45) is 23.7 Å². The van der Waals surface area contributed by atoms with Gasteiger partial charge in [-0.05, 0) is 42.1 Å². The predicted octanol–water partition coefficient (Wildman–Crippen LogP) is 2.07. The van der Waals surface area contributed by atoms with Crippen LogP contribution in [0.4, 0.5) is 0 Å². The highest BCUT2D eigenvalue weighted by atomic mass is 16.2. The van der Waals surface area contributed by atoms with Crippen LogP contribution < -0.4 is 26.6 Å². The molecule has 0 unspecified atom stereocenters. The van der Waals surface area contributed by atoms with E-state index in [1.165, 1.54) is 0 Å². The lowest BCUT2D eigenvalue weighted by atomic mass is 9.97. The van der Waals surface area contributed by atoms with Gasteiger partial charge in [-0.1, -0.05) is 85.7 Å². The van der Waals surface area contributed by atoms with E-state index in [4.69, 9.17) is 0 Å². The third kappa shape index (κ3) is 10.5. The fourth-order valence-electron chi connectivity index (χ4n) is 4.84. The Morgan fingerprint density at radius 2 is 0.878 bits per heavy atom. The number of benzene rings is 1. The van der Waals surface area contributed by atoms with Gasteiger partial charge < -0.3 is 26.6 Å². The molecular weight excluding hydrogens is 522 g/mol. The SMILES string of the molecule is CC(C)C[C@@H]1NC(=O)[C@H](C(C)C)NC(=O)[C@H](CC(C)C)NC(=O)[C@H](C(C)C)NC(=O)[C@H](Cc2ccccc2)NC1=O. The molecule has 0 aromatic heterocycles.